The molecule has 2 fully saturated rings. The zero-order valence-corrected chi connectivity index (χ0v) is 9.79. The fourth-order valence-corrected chi connectivity index (χ4v) is 2.03. The highest BCUT2D eigenvalue weighted by atomic mass is 16.5. The second-order valence-corrected chi connectivity index (χ2v) is 5.03. The largest absolute Gasteiger partial charge is 0.379 e. The maximum absolute atomic E-state index is 5.37. The lowest BCUT2D eigenvalue weighted by atomic mass is 10.0. The highest BCUT2D eigenvalue weighted by molar-refractivity contribution is 4.87. The van der Waals surface area contributed by atoms with Gasteiger partial charge in [0.1, 0.15) is 0 Å². The first kappa shape index (κ1) is 11.3. The van der Waals surface area contributed by atoms with Gasteiger partial charge in [-0.3, -0.25) is 4.90 Å². The van der Waals surface area contributed by atoms with Crippen molar-refractivity contribution in [2.75, 3.05) is 46.1 Å². The summed E-state index contributed by atoms with van der Waals surface area (Å²) < 4.78 is 10.5. The Morgan fingerprint density at radius 3 is 2.40 bits per heavy atom. The Kier molecular flexibility index (Phi) is 3.61. The standard InChI is InChI=1S/C11H22N2O2/c1-11(2,9-12-10-7-15-8-10)13-3-5-14-6-4-13/h10,12H,3-9H2,1-2H3. The van der Waals surface area contributed by atoms with E-state index in [1.54, 1.807) is 0 Å². The third-order valence-corrected chi connectivity index (χ3v) is 3.33. The molecule has 15 heavy (non-hydrogen) atoms. The minimum absolute atomic E-state index is 0.222. The summed E-state index contributed by atoms with van der Waals surface area (Å²) in [5.41, 5.74) is 0.222. The SMILES string of the molecule is CC(C)(CNC1COC1)N1CCOCC1. The van der Waals surface area contributed by atoms with Crippen molar-refractivity contribution in [2.24, 2.45) is 0 Å². The van der Waals surface area contributed by atoms with Crippen LogP contribution in [-0.2, 0) is 9.47 Å². The third kappa shape index (κ3) is 2.91. The third-order valence-electron chi connectivity index (χ3n) is 3.33. The summed E-state index contributed by atoms with van der Waals surface area (Å²) in [5, 5.41) is 3.55. The summed E-state index contributed by atoms with van der Waals surface area (Å²) >= 11 is 0. The van der Waals surface area contributed by atoms with Gasteiger partial charge in [-0.05, 0) is 13.8 Å². The Labute approximate surface area is 91.9 Å². The molecule has 2 aliphatic rings. The van der Waals surface area contributed by atoms with Crippen LogP contribution in [0.2, 0.25) is 0 Å². The summed E-state index contributed by atoms with van der Waals surface area (Å²) in [6.07, 6.45) is 0. The van der Waals surface area contributed by atoms with Crippen LogP contribution in [-0.4, -0.2) is 62.5 Å². The van der Waals surface area contributed by atoms with Gasteiger partial charge in [0.05, 0.1) is 32.5 Å². The van der Waals surface area contributed by atoms with Crippen LogP contribution in [0.5, 0.6) is 0 Å². The number of hydrogen-bond acceptors (Lipinski definition) is 4. The second kappa shape index (κ2) is 4.78. The molecular weight excluding hydrogens is 192 g/mol. The van der Waals surface area contributed by atoms with Gasteiger partial charge in [0, 0.05) is 25.2 Å². The number of morpholine rings is 1. The topological polar surface area (TPSA) is 33.7 Å². The zero-order chi connectivity index (χ0) is 10.7. The number of rotatable bonds is 4. The zero-order valence-electron chi connectivity index (χ0n) is 9.79. The molecule has 0 aromatic rings. The molecule has 0 unspecified atom stereocenters. The van der Waals surface area contributed by atoms with Crippen molar-refractivity contribution in [2.45, 2.75) is 25.4 Å². The van der Waals surface area contributed by atoms with E-state index < -0.39 is 0 Å². The lowest BCUT2D eigenvalue weighted by Gasteiger charge is -2.42. The quantitative estimate of drug-likeness (QED) is 0.719. The van der Waals surface area contributed by atoms with Crippen LogP contribution >= 0.6 is 0 Å². The summed E-state index contributed by atoms with van der Waals surface area (Å²) in [4.78, 5) is 2.50. The Hall–Kier alpha value is -0.160. The second-order valence-electron chi connectivity index (χ2n) is 5.03. The van der Waals surface area contributed by atoms with Crippen molar-refractivity contribution in [3.05, 3.63) is 0 Å². The first-order valence-electron chi connectivity index (χ1n) is 5.82. The normalized spacial score (nSPS) is 25.2. The molecule has 2 heterocycles. The van der Waals surface area contributed by atoms with Crippen LogP contribution in [0.25, 0.3) is 0 Å². The molecule has 0 aliphatic carbocycles. The summed E-state index contributed by atoms with van der Waals surface area (Å²) in [6.45, 7) is 11.2. The fraction of sp³-hybridized carbons (Fsp3) is 1.00. The van der Waals surface area contributed by atoms with E-state index in [2.05, 4.69) is 24.1 Å². The predicted octanol–water partition coefficient (Wildman–Crippen LogP) is 0.0856. The van der Waals surface area contributed by atoms with E-state index in [-0.39, 0.29) is 5.54 Å². The number of hydrogen-bond donors (Lipinski definition) is 1. The first-order chi connectivity index (χ1) is 7.18. The van der Waals surface area contributed by atoms with Crippen LogP contribution in [0.3, 0.4) is 0 Å². The van der Waals surface area contributed by atoms with Crippen molar-refractivity contribution in [1.29, 1.82) is 0 Å². The number of nitrogens with one attached hydrogen (secondary N) is 1. The highest BCUT2D eigenvalue weighted by Gasteiger charge is 2.29. The van der Waals surface area contributed by atoms with E-state index in [1.807, 2.05) is 0 Å². The highest BCUT2D eigenvalue weighted by Crippen LogP contribution is 2.15. The summed E-state index contributed by atoms with van der Waals surface area (Å²) in [6, 6.07) is 0.574. The molecule has 4 nitrogen and oxygen atoms in total. The van der Waals surface area contributed by atoms with Gasteiger partial charge in [-0.15, -0.1) is 0 Å². The molecule has 0 aromatic heterocycles. The van der Waals surface area contributed by atoms with Crippen molar-refractivity contribution in [3.8, 4) is 0 Å². The van der Waals surface area contributed by atoms with Crippen LogP contribution in [0.15, 0.2) is 0 Å². The maximum Gasteiger partial charge on any atom is 0.0643 e. The number of nitrogens with zero attached hydrogens (tertiary/aromatic N) is 1. The Bertz CT molecular complexity index is 199. The first-order valence-corrected chi connectivity index (χ1v) is 5.82. The minimum atomic E-state index is 0.222. The van der Waals surface area contributed by atoms with E-state index >= 15 is 0 Å². The molecule has 0 amide bonds. The average molecular weight is 214 g/mol. The van der Waals surface area contributed by atoms with Crippen LogP contribution in [0.1, 0.15) is 13.8 Å². The number of ether oxygens (including phenoxy) is 2. The lowest BCUT2D eigenvalue weighted by Crippen LogP contribution is -2.58. The van der Waals surface area contributed by atoms with Crippen molar-refractivity contribution in [3.63, 3.8) is 0 Å². The van der Waals surface area contributed by atoms with Crippen LogP contribution in [0, 0.1) is 0 Å². The average Bonchev–Trinajstić information content (AvgIpc) is 2.16. The van der Waals surface area contributed by atoms with Gasteiger partial charge in [0.25, 0.3) is 0 Å². The molecule has 0 bridgehead atoms. The van der Waals surface area contributed by atoms with Gasteiger partial charge in [0.2, 0.25) is 0 Å². The molecule has 2 saturated heterocycles. The molecule has 0 saturated carbocycles. The molecule has 1 N–H and O–H groups in total. The van der Waals surface area contributed by atoms with E-state index in [0.717, 1.165) is 46.1 Å². The smallest absolute Gasteiger partial charge is 0.0643 e. The molecule has 0 aromatic carbocycles. The Morgan fingerprint density at radius 2 is 1.87 bits per heavy atom. The van der Waals surface area contributed by atoms with Gasteiger partial charge in [-0.25, -0.2) is 0 Å². The summed E-state index contributed by atoms with van der Waals surface area (Å²) in [5.74, 6) is 0. The summed E-state index contributed by atoms with van der Waals surface area (Å²) in [7, 11) is 0. The molecule has 2 aliphatic heterocycles. The molecule has 0 radical (unpaired) electrons. The Morgan fingerprint density at radius 1 is 1.20 bits per heavy atom. The molecule has 2 rings (SSSR count). The van der Waals surface area contributed by atoms with E-state index in [0.29, 0.717) is 6.04 Å². The van der Waals surface area contributed by atoms with Crippen molar-refractivity contribution < 1.29 is 9.47 Å². The van der Waals surface area contributed by atoms with Gasteiger partial charge >= 0.3 is 0 Å². The molecule has 88 valence electrons. The minimum Gasteiger partial charge on any atom is -0.379 e. The van der Waals surface area contributed by atoms with Gasteiger partial charge in [0.15, 0.2) is 0 Å². The molecular formula is C11H22N2O2. The lowest BCUT2D eigenvalue weighted by molar-refractivity contribution is -0.0290. The van der Waals surface area contributed by atoms with E-state index in [1.165, 1.54) is 0 Å². The molecule has 4 heteroatoms. The van der Waals surface area contributed by atoms with Crippen molar-refractivity contribution in [1.82, 2.24) is 10.2 Å². The van der Waals surface area contributed by atoms with Crippen molar-refractivity contribution >= 4 is 0 Å². The van der Waals surface area contributed by atoms with Gasteiger partial charge < -0.3 is 14.8 Å². The monoisotopic (exact) mass is 214 g/mol. The van der Waals surface area contributed by atoms with Gasteiger partial charge in [-0.1, -0.05) is 0 Å². The maximum atomic E-state index is 5.37. The Balaban J connectivity index is 1.75. The predicted molar refractivity (Wildman–Crippen MR) is 59.1 cm³/mol. The molecule has 0 atom stereocenters. The van der Waals surface area contributed by atoms with E-state index in [9.17, 15) is 0 Å². The molecule has 0 spiro atoms. The van der Waals surface area contributed by atoms with E-state index in [4.69, 9.17) is 9.47 Å². The fourth-order valence-electron chi connectivity index (χ4n) is 2.03. The van der Waals surface area contributed by atoms with Gasteiger partial charge in [-0.2, -0.15) is 0 Å². The van der Waals surface area contributed by atoms with Crippen LogP contribution in [0.4, 0.5) is 0 Å². The van der Waals surface area contributed by atoms with Crippen LogP contribution < -0.4 is 5.32 Å².